The molecule has 0 atom stereocenters. The Hall–Kier alpha value is 0.0899. The third-order valence-corrected chi connectivity index (χ3v) is 1.87. The van der Waals surface area contributed by atoms with Crippen LogP contribution in [0.1, 0.15) is 0 Å². The standard InChI is InChI=1S/C3H6B2O/c1-2-5-4(1)3-6-5/h1-3H2. The second kappa shape index (κ2) is 0.836. The van der Waals surface area contributed by atoms with Crippen molar-refractivity contribution in [3.63, 3.8) is 0 Å². The smallest absolute Gasteiger partial charge is 0.256 e. The Kier molecular flexibility index (Phi) is 0.437. The molecule has 0 bridgehead atoms. The van der Waals surface area contributed by atoms with Crippen molar-refractivity contribution >= 4 is 13.4 Å². The second-order valence-corrected chi connectivity index (χ2v) is 2.21. The minimum atomic E-state index is 0.713. The van der Waals surface area contributed by atoms with E-state index < -0.39 is 0 Å². The third kappa shape index (κ3) is 0.197. The first-order valence-corrected chi connectivity index (χ1v) is 2.58. The number of hydrogen-bond donors (Lipinski definition) is 0. The van der Waals surface area contributed by atoms with Gasteiger partial charge in [0.15, 0.2) is 6.60 Å². The lowest BCUT2D eigenvalue weighted by Gasteiger charge is -2.40. The molecular weight excluding hydrogens is 73.7 g/mol. The highest BCUT2D eigenvalue weighted by Crippen LogP contribution is 2.28. The topological polar surface area (TPSA) is 9.23 Å². The van der Waals surface area contributed by atoms with E-state index in [2.05, 4.69) is 0 Å². The largest absolute Gasteiger partial charge is 0.452 e. The van der Waals surface area contributed by atoms with E-state index in [4.69, 9.17) is 4.65 Å². The highest BCUT2D eigenvalue weighted by atomic mass is 16.4. The minimum absolute atomic E-state index is 0.713. The van der Waals surface area contributed by atoms with E-state index in [9.17, 15) is 0 Å². The molecule has 2 aliphatic heterocycles. The first kappa shape index (κ1) is 3.14. The summed E-state index contributed by atoms with van der Waals surface area (Å²) in [4.78, 5) is 0. The van der Waals surface area contributed by atoms with Crippen LogP contribution in [0.15, 0.2) is 0 Å². The van der Waals surface area contributed by atoms with Gasteiger partial charge in [-0.3, -0.25) is 0 Å². The molecule has 0 saturated carbocycles. The summed E-state index contributed by atoms with van der Waals surface area (Å²) in [5.74, 6) is 0. The lowest BCUT2D eigenvalue weighted by Crippen LogP contribution is -2.61. The van der Waals surface area contributed by atoms with Crippen molar-refractivity contribution in [2.24, 2.45) is 0 Å². The Morgan fingerprint density at radius 3 is 2.17 bits per heavy atom. The predicted molar refractivity (Wildman–Crippen MR) is 27.1 cm³/mol. The molecule has 2 rings (SSSR count). The second-order valence-electron chi connectivity index (χ2n) is 2.21. The van der Waals surface area contributed by atoms with Crippen LogP contribution in [0.25, 0.3) is 0 Å². The Balaban J connectivity index is 2.03. The molecule has 0 aromatic rings. The summed E-state index contributed by atoms with van der Waals surface area (Å²) >= 11 is 0. The lowest BCUT2D eigenvalue weighted by molar-refractivity contribution is 0.356. The van der Waals surface area contributed by atoms with Gasteiger partial charge in [0, 0.05) is 0 Å². The average molecular weight is 79.7 g/mol. The van der Waals surface area contributed by atoms with Crippen molar-refractivity contribution in [1.82, 2.24) is 0 Å². The van der Waals surface area contributed by atoms with Crippen LogP contribution in [0.2, 0.25) is 12.6 Å². The summed E-state index contributed by atoms with van der Waals surface area (Å²) in [6.07, 6.45) is 2.77. The van der Waals surface area contributed by atoms with Gasteiger partial charge in [0.05, 0.1) is 0 Å². The maximum atomic E-state index is 5.13. The summed E-state index contributed by atoms with van der Waals surface area (Å²) in [5.41, 5.74) is 0. The van der Waals surface area contributed by atoms with Crippen molar-refractivity contribution in [2.75, 3.05) is 6.51 Å². The molecule has 0 radical (unpaired) electrons. The summed E-state index contributed by atoms with van der Waals surface area (Å²) in [7, 11) is 0. The van der Waals surface area contributed by atoms with Gasteiger partial charge >= 0.3 is 0 Å². The Labute approximate surface area is 38.2 Å². The van der Waals surface area contributed by atoms with Gasteiger partial charge in [-0.15, -0.1) is 0 Å². The van der Waals surface area contributed by atoms with E-state index in [0.717, 1.165) is 13.1 Å². The van der Waals surface area contributed by atoms with Gasteiger partial charge in [-0.2, -0.15) is 0 Å². The van der Waals surface area contributed by atoms with E-state index in [1.165, 1.54) is 12.6 Å². The molecule has 0 unspecified atom stereocenters. The van der Waals surface area contributed by atoms with Gasteiger partial charge in [0.2, 0.25) is 0 Å². The zero-order chi connectivity index (χ0) is 3.98. The SMILES string of the molecule is C1CB2OCB12. The third-order valence-electron chi connectivity index (χ3n) is 1.87. The van der Waals surface area contributed by atoms with Crippen molar-refractivity contribution in [3.8, 4) is 0 Å². The molecule has 2 saturated heterocycles. The normalized spacial score (nSPS) is 28.0. The maximum absolute atomic E-state index is 5.13. The molecule has 2 heterocycles. The lowest BCUT2D eigenvalue weighted by atomic mass is 9.01. The van der Waals surface area contributed by atoms with Gasteiger partial charge < -0.3 is 4.65 Å². The molecule has 0 spiro atoms. The van der Waals surface area contributed by atoms with E-state index in [0.29, 0.717) is 6.81 Å². The molecule has 0 aliphatic carbocycles. The predicted octanol–water partition coefficient (Wildman–Crippen LogP) is 0.134. The van der Waals surface area contributed by atoms with Crippen LogP contribution in [0.4, 0.5) is 0 Å². The van der Waals surface area contributed by atoms with Crippen molar-refractivity contribution < 1.29 is 4.65 Å². The summed E-state index contributed by atoms with van der Waals surface area (Å²) in [6, 6.07) is 0. The van der Waals surface area contributed by atoms with Crippen LogP contribution in [0, 0.1) is 0 Å². The summed E-state index contributed by atoms with van der Waals surface area (Å²) in [6.45, 7) is 2.76. The molecule has 0 aromatic carbocycles. The first-order valence-electron chi connectivity index (χ1n) is 2.58. The average Bonchev–Trinajstić information content (AvgIpc) is 1.54. The van der Waals surface area contributed by atoms with Crippen LogP contribution >= 0.6 is 0 Å². The quantitative estimate of drug-likeness (QED) is 0.375. The van der Waals surface area contributed by atoms with Gasteiger partial charge in [-0.1, -0.05) is 12.6 Å². The molecule has 2 aliphatic rings. The Bertz CT molecular complexity index is 57.2. The molecule has 0 aromatic heterocycles. The molecule has 2 fully saturated rings. The number of rotatable bonds is 0. The zero-order valence-corrected chi connectivity index (χ0v) is 3.68. The molecule has 6 heavy (non-hydrogen) atoms. The first-order chi connectivity index (χ1) is 2.97. The molecule has 1 nitrogen and oxygen atoms in total. The summed E-state index contributed by atoms with van der Waals surface area (Å²) < 4.78 is 5.13. The van der Waals surface area contributed by atoms with Crippen molar-refractivity contribution in [3.05, 3.63) is 0 Å². The van der Waals surface area contributed by atoms with E-state index in [1.54, 1.807) is 0 Å². The molecule has 0 N–H and O–H groups in total. The van der Waals surface area contributed by atoms with Crippen LogP contribution in [0.5, 0.6) is 0 Å². The molecular formula is C3H6B2O. The fraction of sp³-hybridized carbons (Fsp3) is 1.00. The zero-order valence-electron chi connectivity index (χ0n) is 3.68. The summed E-state index contributed by atoms with van der Waals surface area (Å²) in [5, 5.41) is 0. The highest BCUT2D eigenvalue weighted by Gasteiger charge is 2.47. The van der Waals surface area contributed by atoms with E-state index in [1.807, 2.05) is 0 Å². The maximum Gasteiger partial charge on any atom is 0.256 e. The number of hydrogen-bond acceptors (Lipinski definition) is 1. The van der Waals surface area contributed by atoms with E-state index in [-0.39, 0.29) is 0 Å². The Morgan fingerprint density at radius 2 is 2.17 bits per heavy atom. The minimum Gasteiger partial charge on any atom is -0.452 e. The fourth-order valence-corrected chi connectivity index (χ4v) is 1.07. The number of fused-ring (bicyclic) bond motifs is 1. The molecule has 3 heteroatoms. The van der Waals surface area contributed by atoms with E-state index >= 15 is 0 Å². The Morgan fingerprint density at radius 1 is 1.33 bits per heavy atom. The van der Waals surface area contributed by atoms with Crippen LogP contribution in [0.3, 0.4) is 0 Å². The van der Waals surface area contributed by atoms with Gasteiger partial charge in [0.1, 0.15) is 0 Å². The highest BCUT2D eigenvalue weighted by molar-refractivity contribution is 7.27. The van der Waals surface area contributed by atoms with Crippen LogP contribution in [-0.4, -0.2) is 19.9 Å². The molecule has 0 amide bonds. The van der Waals surface area contributed by atoms with Crippen molar-refractivity contribution in [2.45, 2.75) is 12.6 Å². The van der Waals surface area contributed by atoms with Gasteiger partial charge in [0.25, 0.3) is 6.81 Å². The monoisotopic (exact) mass is 80.1 g/mol. The van der Waals surface area contributed by atoms with Crippen LogP contribution < -0.4 is 0 Å². The molecule has 30 valence electrons. The van der Waals surface area contributed by atoms with Gasteiger partial charge in [-0.25, -0.2) is 0 Å². The van der Waals surface area contributed by atoms with Gasteiger partial charge in [-0.05, 0) is 6.51 Å². The fourth-order valence-electron chi connectivity index (χ4n) is 1.07. The van der Waals surface area contributed by atoms with Crippen molar-refractivity contribution in [1.29, 1.82) is 0 Å². The van der Waals surface area contributed by atoms with Crippen LogP contribution in [-0.2, 0) is 4.65 Å².